The van der Waals surface area contributed by atoms with Crippen molar-refractivity contribution < 1.29 is 34.2 Å². The van der Waals surface area contributed by atoms with Gasteiger partial charge in [0.05, 0.1) is 6.04 Å². The monoisotopic (exact) mass is 832 g/mol. The lowest BCUT2D eigenvalue weighted by molar-refractivity contribution is -0.152. The van der Waals surface area contributed by atoms with E-state index in [4.69, 9.17) is 11.5 Å². The third kappa shape index (κ3) is 12.7. The molecule has 7 N–H and O–H groups in total. The second kappa shape index (κ2) is 21.9. The molecule has 0 saturated heterocycles. The number of likely N-dealkylation sites (N-methyl/N-ethyl adjacent to an activating group) is 3. The van der Waals surface area contributed by atoms with Crippen molar-refractivity contribution in [2.75, 3.05) is 21.1 Å². The van der Waals surface area contributed by atoms with Crippen LogP contribution >= 0.6 is 0 Å². The zero-order chi connectivity index (χ0) is 44.1. The standard InChI is InChI=1S/C48H60N6O7/c1-52(39(44(50)57)28-33-18-10-5-11-19-33)47(60)41(30-35-22-14-7-15-23-35)54(3)48(61)40(29-34-20-12-6-13-21-34)53(2)46(59)38(27-32-16-8-4-9-17-32)51-45(58)37(49)26-36-24-25-42(55)43(56)31-36/h5-7,10-15,18-25,31-32,37-41,55-56H,4,8-9,16-17,26-30,49H2,1-3H3,(H2,50,57)(H,51,58)/t37-,38-,39-,40-,41-/m0/s1. The van der Waals surface area contributed by atoms with Crippen LogP contribution in [-0.4, -0.2) is 106 Å². The highest BCUT2D eigenvalue weighted by molar-refractivity contribution is 5.96. The predicted molar refractivity (Wildman–Crippen MR) is 234 cm³/mol. The highest BCUT2D eigenvalue weighted by atomic mass is 16.3. The molecule has 0 spiro atoms. The van der Waals surface area contributed by atoms with Crippen LogP contribution in [0.25, 0.3) is 0 Å². The number of hydrogen-bond donors (Lipinski definition) is 5. The summed E-state index contributed by atoms with van der Waals surface area (Å²) in [6.07, 6.45) is 5.68. The maximum atomic E-state index is 15.1. The first kappa shape index (κ1) is 45.9. The lowest BCUT2D eigenvalue weighted by Crippen LogP contribution is -2.60. The van der Waals surface area contributed by atoms with Gasteiger partial charge >= 0.3 is 0 Å². The van der Waals surface area contributed by atoms with E-state index in [9.17, 15) is 29.4 Å². The van der Waals surface area contributed by atoms with E-state index >= 15 is 4.79 Å². The van der Waals surface area contributed by atoms with Crippen LogP contribution in [0.4, 0.5) is 0 Å². The van der Waals surface area contributed by atoms with E-state index in [1.54, 1.807) is 13.1 Å². The molecule has 0 aliphatic heterocycles. The van der Waals surface area contributed by atoms with E-state index in [1.165, 1.54) is 40.9 Å². The number of nitrogens with one attached hydrogen (secondary N) is 1. The minimum absolute atomic E-state index is 0.0347. The molecule has 1 aliphatic rings. The summed E-state index contributed by atoms with van der Waals surface area (Å²) in [6.45, 7) is 0. The number of nitrogens with two attached hydrogens (primary N) is 2. The molecule has 0 heterocycles. The predicted octanol–water partition coefficient (Wildman–Crippen LogP) is 4.12. The van der Waals surface area contributed by atoms with Crippen LogP contribution in [0.2, 0.25) is 0 Å². The molecule has 61 heavy (non-hydrogen) atoms. The number of primary amides is 1. The van der Waals surface area contributed by atoms with Crippen molar-refractivity contribution >= 4 is 29.5 Å². The van der Waals surface area contributed by atoms with E-state index in [-0.39, 0.29) is 43.1 Å². The molecule has 4 aromatic rings. The van der Waals surface area contributed by atoms with Gasteiger partial charge in [-0.15, -0.1) is 0 Å². The van der Waals surface area contributed by atoms with E-state index in [0.29, 0.717) is 12.0 Å². The number of aromatic hydroxyl groups is 2. The van der Waals surface area contributed by atoms with Crippen molar-refractivity contribution in [2.24, 2.45) is 17.4 Å². The molecule has 1 saturated carbocycles. The van der Waals surface area contributed by atoms with Crippen LogP contribution < -0.4 is 16.8 Å². The maximum absolute atomic E-state index is 15.1. The minimum atomic E-state index is -1.10. The molecule has 13 heteroatoms. The Bertz CT molecular complexity index is 2080. The Morgan fingerprint density at radius 2 is 1.03 bits per heavy atom. The smallest absolute Gasteiger partial charge is 0.246 e. The van der Waals surface area contributed by atoms with Gasteiger partial charge in [-0.05, 0) is 53.1 Å². The van der Waals surface area contributed by atoms with Crippen LogP contribution in [0, 0.1) is 5.92 Å². The molecule has 0 aromatic heterocycles. The zero-order valence-corrected chi connectivity index (χ0v) is 35.4. The lowest BCUT2D eigenvalue weighted by Gasteiger charge is -2.38. The molecule has 1 aliphatic carbocycles. The summed E-state index contributed by atoms with van der Waals surface area (Å²) >= 11 is 0. The van der Waals surface area contributed by atoms with Gasteiger partial charge in [0.2, 0.25) is 29.5 Å². The average Bonchev–Trinajstić information content (AvgIpc) is 3.27. The molecular formula is C48H60N6O7. The van der Waals surface area contributed by atoms with Gasteiger partial charge in [0, 0.05) is 40.4 Å². The first-order valence-corrected chi connectivity index (χ1v) is 21.0. The summed E-state index contributed by atoms with van der Waals surface area (Å²) in [4.78, 5) is 75.2. The van der Waals surface area contributed by atoms with Gasteiger partial charge in [0.1, 0.15) is 24.2 Å². The fourth-order valence-corrected chi connectivity index (χ4v) is 8.20. The number of carbonyl (C=O) groups excluding carboxylic acids is 5. The summed E-state index contributed by atoms with van der Waals surface area (Å²) in [6, 6.07) is 26.7. The molecule has 1 fully saturated rings. The molecule has 324 valence electrons. The van der Waals surface area contributed by atoms with Gasteiger partial charge in [0.15, 0.2) is 11.5 Å². The normalized spacial score (nSPS) is 15.3. The van der Waals surface area contributed by atoms with Crippen LogP contribution in [0.1, 0.15) is 60.8 Å². The topological polar surface area (TPSA) is 200 Å². The van der Waals surface area contributed by atoms with Gasteiger partial charge in [-0.2, -0.15) is 0 Å². The number of phenolic OH excluding ortho intramolecular Hbond substituents is 2. The molecule has 0 unspecified atom stereocenters. The van der Waals surface area contributed by atoms with Crippen LogP contribution in [0.3, 0.4) is 0 Å². The summed E-state index contributed by atoms with van der Waals surface area (Å²) in [7, 11) is 4.60. The number of nitrogens with zero attached hydrogens (tertiary/aromatic N) is 3. The maximum Gasteiger partial charge on any atom is 0.246 e. The van der Waals surface area contributed by atoms with Gasteiger partial charge in [-0.25, -0.2) is 0 Å². The van der Waals surface area contributed by atoms with Gasteiger partial charge in [-0.3, -0.25) is 24.0 Å². The lowest BCUT2D eigenvalue weighted by atomic mass is 9.84. The molecule has 5 atom stereocenters. The third-order valence-electron chi connectivity index (χ3n) is 11.9. The quantitative estimate of drug-likeness (QED) is 0.0870. The fourth-order valence-electron chi connectivity index (χ4n) is 8.20. The summed E-state index contributed by atoms with van der Waals surface area (Å²) in [5, 5.41) is 22.7. The van der Waals surface area contributed by atoms with Crippen LogP contribution in [0.5, 0.6) is 11.5 Å². The highest BCUT2D eigenvalue weighted by Gasteiger charge is 2.40. The Labute approximate surface area is 358 Å². The van der Waals surface area contributed by atoms with Crippen LogP contribution in [-0.2, 0) is 49.7 Å². The summed E-state index contributed by atoms with van der Waals surface area (Å²) in [5.74, 6) is -3.22. The number of amides is 5. The largest absolute Gasteiger partial charge is 0.504 e. The minimum Gasteiger partial charge on any atom is -0.504 e. The van der Waals surface area contributed by atoms with Crippen molar-refractivity contribution in [1.29, 1.82) is 0 Å². The van der Waals surface area contributed by atoms with Gasteiger partial charge < -0.3 is 41.7 Å². The Balaban J connectivity index is 1.46. The van der Waals surface area contributed by atoms with Crippen molar-refractivity contribution in [3.63, 3.8) is 0 Å². The molecule has 5 amide bonds. The van der Waals surface area contributed by atoms with E-state index < -0.39 is 59.7 Å². The number of phenols is 2. The second-order valence-electron chi connectivity index (χ2n) is 16.3. The van der Waals surface area contributed by atoms with Gasteiger partial charge in [0.25, 0.3) is 0 Å². The number of hydrogen-bond acceptors (Lipinski definition) is 8. The highest BCUT2D eigenvalue weighted by Crippen LogP contribution is 2.29. The van der Waals surface area contributed by atoms with E-state index in [2.05, 4.69) is 5.32 Å². The summed E-state index contributed by atoms with van der Waals surface area (Å²) in [5.41, 5.74) is 15.2. The summed E-state index contributed by atoms with van der Waals surface area (Å²) < 4.78 is 0. The number of rotatable bonds is 19. The Hall–Kier alpha value is -6.21. The molecule has 5 rings (SSSR count). The first-order valence-electron chi connectivity index (χ1n) is 21.0. The zero-order valence-electron chi connectivity index (χ0n) is 35.4. The van der Waals surface area contributed by atoms with E-state index in [1.807, 2.05) is 91.0 Å². The molecule has 13 nitrogen and oxygen atoms in total. The van der Waals surface area contributed by atoms with Crippen molar-refractivity contribution in [1.82, 2.24) is 20.0 Å². The van der Waals surface area contributed by atoms with Crippen LogP contribution in [0.15, 0.2) is 109 Å². The SMILES string of the molecule is CN(C(=O)[C@H](CC1CCCCC1)NC(=O)[C@@H](N)Cc1ccc(O)c(O)c1)[C@@H](Cc1ccccc1)C(=O)N(C)[C@@H](Cc1ccccc1)C(=O)N(C)[C@@H](Cc1ccccc1)C(N)=O. The Morgan fingerprint density at radius 3 is 1.49 bits per heavy atom. The van der Waals surface area contributed by atoms with Crippen molar-refractivity contribution in [3.8, 4) is 11.5 Å². The van der Waals surface area contributed by atoms with E-state index in [0.717, 1.165) is 48.8 Å². The Morgan fingerprint density at radius 1 is 0.590 bits per heavy atom. The number of benzene rings is 4. The number of carbonyl (C=O) groups is 5. The second-order valence-corrected chi connectivity index (χ2v) is 16.3. The third-order valence-corrected chi connectivity index (χ3v) is 11.9. The fraction of sp³-hybridized carbons (Fsp3) is 0.396. The molecule has 4 aromatic carbocycles. The van der Waals surface area contributed by atoms with Crippen molar-refractivity contribution in [3.05, 3.63) is 131 Å². The first-order chi connectivity index (χ1) is 29.2. The molecule has 0 bridgehead atoms. The van der Waals surface area contributed by atoms with Gasteiger partial charge in [-0.1, -0.05) is 129 Å². The Kier molecular flexibility index (Phi) is 16.4. The molecular weight excluding hydrogens is 773 g/mol. The molecule has 0 radical (unpaired) electrons. The average molecular weight is 833 g/mol. The van der Waals surface area contributed by atoms with Crippen molar-refractivity contribution in [2.45, 2.75) is 94.4 Å².